The molecule has 0 fully saturated rings. The normalized spacial score (nSPS) is 13.2. The Morgan fingerprint density at radius 3 is 2.62 bits per heavy atom. The fourth-order valence-electron chi connectivity index (χ4n) is 0.398. The summed E-state index contributed by atoms with van der Waals surface area (Å²) in [5.74, 6) is 0.0972. The SMILES string of the molecule is COCC(C=N)CN. The highest BCUT2D eigenvalue weighted by molar-refractivity contribution is 5.57. The van der Waals surface area contributed by atoms with Gasteiger partial charge in [0, 0.05) is 25.8 Å². The van der Waals surface area contributed by atoms with E-state index in [1.54, 1.807) is 7.11 Å². The number of hydrogen-bond acceptors (Lipinski definition) is 3. The molecule has 3 N–H and O–H groups in total. The predicted molar refractivity (Wildman–Crippen MR) is 33.2 cm³/mol. The van der Waals surface area contributed by atoms with Crippen LogP contribution in [0.2, 0.25) is 0 Å². The van der Waals surface area contributed by atoms with E-state index in [1.807, 2.05) is 0 Å². The molecule has 0 aliphatic carbocycles. The first-order valence-corrected chi connectivity index (χ1v) is 2.54. The Balaban J connectivity index is 3.21. The Morgan fingerprint density at radius 1 is 1.88 bits per heavy atom. The van der Waals surface area contributed by atoms with Gasteiger partial charge < -0.3 is 15.9 Å². The molecule has 0 aliphatic rings. The first-order valence-electron chi connectivity index (χ1n) is 2.54. The van der Waals surface area contributed by atoms with Crippen molar-refractivity contribution >= 4 is 6.21 Å². The van der Waals surface area contributed by atoms with E-state index >= 15 is 0 Å². The zero-order valence-electron chi connectivity index (χ0n) is 5.05. The second-order valence-corrected chi connectivity index (χ2v) is 1.62. The van der Waals surface area contributed by atoms with Crippen molar-refractivity contribution in [3.63, 3.8) is 0 Å². The summed E-state index contributed by atoms with van der Waals surface area (Å²) in [4.78, 5) is 0. The van der Waals surface area contributed by atoms with Crippen molar-refractivity contribution in [1.82, 2.24) is 0 Å². The number of ether oxygens (including phenoxy) is 1. The number of nitrogens with two attached hydrogens (primary N) is 1. The molecule has 0 rings (SSSR count). The molecule has 3 heteroatoms. The third-order valence-electron chi connectivity index (χ3n) is 0.919. The van der Waals surface area contributed by atoms with Gasteiger partial charge in [0.15, 0.2) is 0 Å². The lowest BCUT2D eigenvalue weighted by Crippen LogP contribution is -2.19. The minimum atomic E-state index is 0.0972. The highest BCUT2D eigenvalue weighted by Crippen LogP contribution is 1.86. The Bertz CT molecular complexity index is 65.4. The van der Waals surface area contributed by atoms with E-state index in [0.29, 0.717) is 13.2 Å². The molecule has 0 aromatic carbocycles. The molecule has 0 saturated carbocycles. The van der Waals surface area contributed by atoms with Crippen LogP contribution in [-0.4, -0.2) is 26.5 Å². The molecule has 0 amide bonds. The van der Waals surface area contributed by atoms with Gasteiger partial charge in [-0.15, -0.1) is 0 Å². The van der Waals surface area contributed by atoms with E-state index in [4.69, 9.17) is 15.9 Å². The third-order valence-corrected chi connectivity index (χ3v) is 0.919. The number of methoxy groups -OCH3 is 1. The molecule has 0 aromatic heterocycles. The van der Waals surface area contributed by atoms with Gasteiger partial charge in [-0.1, -0.05) is 0 Å². The summed E-state index contributed by atoms with van der Waals surface area (Å²) in [5, 5.41) is 6.78. The van der Waals surface area contributed by atoms with E-state index in [9.17, 15) is 0 Å². The van der Waals surface area contributed by atoms with Gasteiger partial charge in [0.05, 0.1) is 6.61 Å². The molecule has 0 aromatic rings. The van der Waals surface area contributed by atoms with Crippen LogP contribution in [0.5, 0.6) is 0 Å². The van der Waals surface area contributed by atoms with Crippen molar-refractivity contribution in [2.24, 2.45) is 11.7 Å². The molecule has 0 spiro atoms. The van der Waals surface area contributed by atoms with Crippen LogP contribution in [0.15, 0.2) is 0 Å². The molecule has 1 unspecified atom stereocenters. The fraction of sp³-hybridized carbons (Fsp3) is 0.800. The fourth-order valence-corrected chi connectivity index (χ4v) is 0.398. The van der Waals surface area contributed by atoms with Crippen molar-refractivity contribution < 1.29 is 4.74 Å². The van der Waals surface area contributed by atoms with Crippen LogP contribution in [-0.2, 0) is 4.74 Å². The van der Waals surface area contributed by atoms with Gasteiger partial charge in [0.1, 0.15) is 0 Å². The van der Waals surface area contributed by atoms with Gasteiger partial charge in [-0.25, -0.2) is 0 Å². The van der Waals surface area contributed by atoms with Crippen LogP contribution in [0.1, 0.15) is 0 Å². The van der Waals surface area contributed by atoms with Crippen LogP contribution in [0.25, 0.3) is 0 Å². The van der Waals surface area contributed by atoms with Crippen LogP contribution >= 0.6 is 0 Å². The molecular formula is C5H12N2O. The van der Waals surface area contributed by atoms with Gasteiger partial charge in [-0.2, -0.15) is 0 Å². The second-order valence-electron chi connectivity index (χ2n) is 1.62. The largest absolute Gasteiger partial charge is 0.384 e. The molecule has 8 heavy (non-hydrogen) atoms. The van der Waals surface area contributed by atoms with Crippen molar-refractivity contribution in [3.05, 3.63) is 0 Å². The molecule has 0 heterocycles. The molecule has 3 nitrogen and oxygen atoms in total. The Labute approximate surface area is 49.3 Å². The first kappa shape index (κ1) is 7.59. The average molecular weight is 116 g/mol. The predicted octanol–water partition coefficient (Wildman–Crippen LogP) is -0.143. The van der Waals surface area contributed by atoms with Crippen molar-refractivity contribution in [2.75, 3.05) is 20.3 Å². The summed E-state index contributed by atoms with van der Waals surface area (Å²) in [6.07, 6.45) is 1.31. The lowest BCUT2D eigenvalue weighted by Gasteiger charge is -2.04. The van der Waals surface area contributed by atoms with Gasteiger partial charge in [-0.05, 0) is 0 Å². The summed E-state index contributed by atoms with van der Waals surface area (Å²) in [7, 11) is 1.60. The molecular weight excluding hydrogens is 104 g/mol. The van der Waals surface area contributed by atoms with E-state index in [1.165, 1.54) is 6.21 Å². The lowest BCUT2D eigenvalue weighted by atomic mass is 10.2. The average Bonchev–Trinajstić information content (AvgIpc) is 1.83. The Hall–Kier alpha value is -0.410. The zero-order valence-corrected chi connectivity index (χ0v) is 5.05. The van der Waals surface area contributed by atoms with Crippen molar-refractivity contribution in [3.8, 4) is 0 Å². The van der Waals surface area contributed by atoms with Gasteiger partial charge >= 0.3 is 0 Å². The monoisotopic (exact) mass is 116 g/mol. The third kappa shape index (κ3) is 2.71. The Kier molecular flexibility index (Phi) is 4.50. The maximum atomic E-state index is 6.78. The minimum absolute atomic E-state index is 0.0972. The Morgan fingerprint density at radius 2 is 2.50 bits per heavy atom. The van der Waals surface area contributed by atoms with Gasteiger partial charge in [0.2, 0.25) is 0 Å². The first-order chi connectivity index (χ1) is 3.85. The molecule has 0 bridgehead atoms. The van der Waals surface area contributed by atoms with Crippen LogP contribution < -0.4 is 5.73 Å². The quantitative estimate of drug-likeness (QED) is 0.502. The standard InChI is InChI=1S/C5H12N2O/c1-8-4-5(2-6)3-7/h2,5-6H,3-4,7H2,1H3. The summed E-state index contributed by atoms with van der Waals surface area (Å²) < 4.78 is 4.75. The summed E-state index contributed by atoms with van der Waals surface area (Å²) in [5.41, 5.74) is 5.24. The van der Waals surface area contributed by atoms with E-state index in [-0.39, 0.29) is 5.92 Å². The van der Waals surface area contributed by atoms with Crippen molar-refractivity contribution in [2.45, 2.75) is 0 Å². The number of hydrogen-bond donors (Lipinski definition) is 2. The lowest BCUT2D eigenvalue weighted by molar-refractivity contribution is 0.179. The maximum absolute atomic E-state index is 6.78. The summed E-state index contributed by atoms with van der Waals surface area (Å²) in [6, 6.07) is 0. The highest BCUT2D eigenvalue weighted by Gasteiger charge is 1.98. The summed E-state index contributed by atoms with van der Waals surface area (Å²) >= 11 is 0. The van der Waals surface area contributed by atoms with Gasteiger partial charge in [-0.3, -0.25) is 0 Å². The van der Waals surface area contributed by atoms with Crippen LogP contribution in [0.4, 0.5) is 0 Å². The van der Waals surface area contributed by atoms with E-state index in [0.717, 1.165) is 0 Å². The second kappa shape index (κ2) is 4.74. The van der Waals surface area contributed by atoms with E-state index in [2.05, 4.69) is 0 Å². The van der Waals surface area contributed by atoms with Crippen LogP contribution in [0.3, 0.4) is 0 Å². The molecule has 48 valence electrons. The molecule has 0 aliphatic heterocycles. The van der Waals surface area contributed by atoms with E-state index < -0.39 is 0 Å². The number of rotatable bonds is 4. The minimum Gasteiger partial charge on any atom is -0.384 e. The topological polar surface area (TPSA) is 59.1 Å². The van der Waals surface area contributed by atoms with Crippen molar-refractivity contribution in [1.29, 1.82) is 5.41 Å². The summed E-state index contributed by atoms with van der Waals surface area (Å²) in [6.45, 7) is 1.05. The zero-order chi connectivity index (χ0) is 6.41. The molecule has 1 atom stereocenters. The smallest absolute Gasteiger partial charge is 0.0552 e. The molecule has 0 saturated heterocycles. The van der Waals surface area contributed by atoms with Gasteiger partial charge in [0.25, 0.3) is 0 Å². The van der Waals surface area contributed by atoms with Crippen LogP contribution in [0, 0.1) is 11.3 Å². The molecule has 0 radical (unpaired) electrons. The maximum Gasteiger partial charge on any atom is 0.0552 e. The highest BCUT2D eigenvalue weighted by atomic mass is 16.5. The number of nitrogens with one attached hydrogen (secondary N) is 1.